The first-order valence-electron chi connectivity index (χ1n) is 25.6. The number of terminal acetylenes is 2. The van der Waals surface area contributed by atoms with Gasteiger partial charge in [0.25, 0.3) is 0 Å². The van der Waals surface area contributed by atoms with Crippen LogP contribution in [0.1, 0.15) is 170 Å². The lowest BCUT2D eigenvalue weighted by molar-refractivity contribution is -0.174. The van der Waals surface area contributed by atoms with E-state index < -0.39 is 0 Å². The van der Waals surface area contributed by atoms with E-state index in [0.29, 0.717) is 100 Å². The maximum Gasteiger partial charge on any atom is 0.305 e. The van der Waals surface area contributed by atoms with E-state index in [4.69, 9.17) is 27.1 Å². The molecule has 8 aliphatic carbocycles. The molecule has 0 aromatic heterocycles. The van der Waals surface area contributed by atoms with Crippen molar-refractivity contribution in [1.29, 1.82) is 0 Å². The molecule has 9 heteroatoms. The summed E-state index contributed by atoms with van der Waals surface area (Å²) in [6.07, 6.45) is 32.8. The van der Waals surface area contributed by atoms with Crippen LogP contribution in [0.3, 0.4) is 0 Å². The number of esters is 2. The molecule has 4 unspecified atom stereocenters. The predicted molar refractivity (Wildman–Crippen MR) is 256 cm³/mol. The van der Waals surface area contributed by atoms with Gasteiger partial charge in [0.15, 0.2) is 0 Å². The lowest BCUT2D eigenvalue weighted by Crippen LogP contribution is -2.58. The summed E-state index contributed by atoms with van der Waals surface area (Å²) in [5, 5.41) is 33.6. The lowest BCUT2D eigenvalue weighted by Gasteiger charge is -2.62. The number of aliphatic hydroxyl groups excluding tert-OH is 3. The van der Waals surface area contributed by atoms with Crippen molar-refractivity contribution in [2.45, 2.75) is 194 Å². The quantitative estimate of drug-likeness (QED) is 0.119. The Morgan fingerprint density at radius 2 is 1.03 bits per heavy atom. The van der Waals surface area contributed by atoms with Crippen LogP contribution in [0.25, 0.3) is 0 Å². The fourth-order valence-electron chi connectivity index (χ4n) is 17.8. The third-order valence-electron chi connectivity index (χ3n) is 21.2. The lowest BCUT2D eigenvalue weighted by atomic mass is 9.43. The van der Waals surface area contributed by atoms with Crippen LogP contribution in [-0.2, 0) is 23.8 Å². The molecule has 8 nitrogen and oxygen atoms in total. The minimum absolute atomic E-state index is 0.0959. The van der Waals surface area contributed by atoms with Gasteiger partial charge in [0, 0.05) is 12.8 Å². The second kappa shape index (κ2) is 21.2. The first-order valence-corrected chi connectivity index (χ1v) is 26.8. The van der Waals surface area contributed by atoms with Crippen LogP contribution in [0.4, 0.5) is 0 Å². The molecule has 20 atom stereocenters. The number of hydrogen-bond donors (Lipinski definition) is 3. The van der Waals surface area contributed by atoms with Gasteiger partial charge in [0.05, 0.1) is 37.9 Å². The number of carbonyl (C=O) groups is 2. The second-order valence-electron chi connectivity index (χ2n) is 23.6. The van der Waals surface area contributed by atoms with Crippen molar-refractivity contribution >= 4 is 27.9 Å². The molecule has 0 heterocycles. The third-order valence-corrected chi connectivity index (χ3v) is 21.5. The van der Waals surface area contributed by atoms with Crippen molar-refractivity contribution in [1.82, 2.24) is 0 Å². The van der Waals surface area contributed by atoms with Gasteiger partial charge in [-0.15, -0.1) is 6.42 Å². The summed E-state index contributed by atoms with van der Waals surface area (Å²) in [4.78, 5) is 23.3. The van der Waals surface area contributed by atoms with E-state index in [1.165, 1.54) is 72.0 Å². The van der Waals surface area contributed by atoms with Gasteiger partial charge in [-0.1, -0.05) is 69.8 Å². The predicted octanol–water partition coefficient (Wildman–Crippen LogP) is 10.8. The summed E-state index contributed by atoms with van der Waals surface area (Å²) in [6, 6.07) is 0. The van der Waals surface area contributed by atoms with E-state index in [0.717, 1.165) is 57.8 Å². The summed E-state index contributed by atoms with van der Waals surface area (Å²) in [7, 11) is 2.95. The maximum absolute atomic E-state index is 11.7. The number of rotatable bonds is 9. The molecule has 64 heavy (non-hydrogen) atoms. The fraction of sp³-hybridized carbons (Fsp3) is 0.891. The number of alkyl halides is 1. The monoisotopic (exact) mass is 955 g/mol. The minimum atomic E-state index is -0.211. The van der Waals surface area contributed by atoms with E-state index in [-0.39, 0.29) is 47.2 Å². The highest BCUT2D eigenvalue weighted by Crippen LogP contribution is 2.70. The number of halogens is 1. The summed E-state index contributed by atoms with van der Waals surface area (Å²) >= 11 is 3.01. The topological polar surface area (TPSA) is 123 Å². The highest BCUT2D eigenvalue weighted by atomic mass is 79.9. The summed E-state index contributed by atoms with van der Waals surface area (Å²) in [6.45, 7) is 14.6. The minimum Gasteiger partial charge on any atom is -0.469 e. The molecule has 0 spiro atoms. The zero-order chi connectivity index (χ0) is 46.8. The Balaban J connectivity index is 0.000000197. The number of methoxy groups -OCH3 is 2. The summed E-state index contributed by atoms with van der Waals surface area (Å²) < 4.78 is 15.3. The molecule has 8 rings (SSSR count). The number of hydrogen-bond acceptors (Lipinski definition) is 8. The Morgan fingerprint density at radius 1 is 0.625 bits per heavy atom. The standard InChI is InChI=1S/C27H42O4.C25H42O4.C3H3Br/c1-6-31-19-11-13-26(3)18(15-19)16-23(28)25-21-9-8-20(17(2)7-10-24(29)30-5)27(21,4)14-12-22(25)26;1-15(5-8-22(28)29-4)18-6-7-19-23-20(10-12-25(18,19)3)24(2)11-9-17(26)13-16(24)14-21(23)27;1-2-3-4/h1,17-23,25,28H,7-16H2,2-5H3;15-21,23,26-27H,5-14H2,1-4H3;1H,3H2/t17-,18?,19+,20-,21-,22-,23+,25?,26+,27-;15-,16?,17+,18-,19-,20-,21+,23?,24+,25-;/m11./s1. The average molecular weight is 956 g/mol. The van der Waals surface area contributed by atoms with Gasteiger partial charge in [0.2, 0.25) is 0 Å². The van der Waals surface area contributed by atoms with Crippen molar-refractivity contribution in [3.8, 4) is 24.9 Å². The first kappa shape index (κ1) is 51.6. The van der Waals surface area contributed by atoms with Crippen molar-refractivity contribution in [2.24, 2.45) is 92.7 Å². The molecule has 0 saturated heterocycles. The molecular weight excluding hydrogens is 869 g/mol. The molecule has 3 N–H and O–H groups in total. The molecule has 0 amide bonds. The highest BCUT2D eigenvalue weighted by molar-refractivity contribution is 9.09. The van der Waals surface area contributed by atoms with Crippen molar-refractivity contribution in [3.63, 3.8) is 0 Å². The molecule has 8 aliphatic rings. The molecular formula is C55H87BrO8. The zero-order valence-electron chi connectivity index (χ0n) is 41.0. The fourth-order valence-corrected chi connectivity index (χ4v) is 17.8. The van der Waals surface area contributed by atoms with Crippen LogP contribution >= 0.6 is 15.9 Å². The zero-order valence-corrected chi connectivity index (χ0v) is 42.6. The van der Waals surface area contributed by atoms with Gasteiger partial charge in [-0.3, -0.25) is 9.59 Å². The van der Waals surface area contributed by atoms with Crippen LogP contribution in [0.2, 0.25) is 0 Å². The van der Waals surface area contributed by atoms with Gasteiger partial charge < -0.3 is 29.5 Å². The summed E-state index contributed by atoms with van der Waals surface area (Å²) in [5.41, 5.74) is 1.16. The Labute approximate surface area is 396 Å². The van der Waals surface area contributed by atoms with E-state index in [1.807, 2.05) is 0 Å². The van der Waals surface area contributed by atoms with Gasteiger partial charge in [-0.25, -0.2) is 0 Å². The van der Waals surface area contributed by atoms with Gasteiger partial charge in [-0.2, -0.15) is 0 Å². The van der Waals surface area contributed by atoms with Crippen LogP contribution in [0.5, 0.6) is 0 Å². The smallest absolute Gasteiger partial charge is 0.305 e. The van der Waals surface area contributed by atoms with Crippen LogP contribution in [0.15, 0.2) is 0 Å². The second-order valence-corrected chi connectivity index (χ2v) is 24.2. The van der Waals surface area contributed by atoms with E-state index in [2.05, 4.69) is 69.5 Å². The molecule has 0 aromatic carbocycles. The van der Waals surface area contributed by atoms with Gasteiger partial charge in [0.1, 0.15) is 12.2 Å². The van der Waals surface area contributed by atoms with Crippen molar-refractivity contribution < 1.29 is 39.1 Å². The van der Waals surface area contributed by atoms with E-state index in [9.17, 15) is 24.9 Å². The number of fused-ring (bicyclic) bond motifs is 10. The maximum atomic E-state index is 11.7. The number of carbonyl (C=O) groups excluding carboxylic acids is 2. The van der Waals surface area contributed by atoms with E-state index >= 15 is 0 Å². The van der Waals surface area contributed by atoms with Crippen molar-refractivity contribution in [3.05, 3.63) is 0 Å². The number of ether oxygens (including phenoxy) is 3. The molecule has 0 radical (unpaired) electrons. The Hall–Kier alpha value is -1.78. The highest BCUT2D eigenvalue weighted by Gasteiger charge is 2.64. The Morgan fingerprint density at radius 3 is 1.45 bits per heavy atom. The molecule has 0 aromatic rings. The largest absolute Gasteiger partial charge is 0.469 e. The number of aliphatic hydroxyl groups is 3. The average Bonchev–Trinajstić information content (AvgIpc) is 3.82. The van der Waals surface area contributed by atoms with Crippen LogP contribution in [-0.4, -0.2) is 71.2 Å². The van der Waals surface area contributed by atoms with E-state index in [1.54, 1.807) is 0 Å². The van der Waals surface area contributed by atoms with Crippen LogP contribution in [0, 0.1) is 118 Å². The molecule has 362 valence electrons. The van der Waals surface area contributed by atoms with Crippen LogP contribution < -0.4 is 0 Å². The Kier molecular flexibility index (Phi) is 17.1. The molecule has 8 saturated carbocycles. The summed E-state index contributed by atoms with van der Waals surface area (Å²) in [5.74, 6) is 8.72. The normalized spacial score (nSPS) is 46.0. The molecule has 0 aliphatic heterocycles. The molecule has 8 fully saturated rings. The van der Waals surface area contributed by atoms with Gasteiger partial charge >= 0.3 is 11.9 Å². The van der Waals surface area contributed by atoms with Crippen molar-refractivity contribution in [2.75, 3.05) is 19.5 Å². The molecule has 0 bridgehead atoms. The first-order chi connectivity index (χ1) is 30.4. The van der Waals surface area contributed by atoms with Gasteiger partial charge in [-0.05, 0) is 208 Å². The third kappa shape index (κ3) is 9.88. The Bertz CT molecular complexity index is 1670. The SMILES string of the molecule is C#CCBr.C#CO[C@H]1CC[C@@]2(C)C(C1)C[C@H](O)C1[C@H]3CC[C@H]([C@H](C)CCC(=O)OC)[C@@]3(C)CC[C@H]12.COC(=O)CC[C@@H](C)[C@H]1CC[C@@H]2C3[C@@H](CC[C@@]21C)[C@@]1(C)CC[C@H](O)CC1C[C@@H]3O.